The number of benzene rings is 1. The second-order valence-corrected chi connectivity index (χ2v) is 4.82. The molecule has 3 nitrogen and oxygen atoms in total. The van der Waals surface area contributed by atoms with Gasteiger partial charge in [-0.3, -0.25) is 0 Å². The van der Waals surface area contributed by atoms with Gasteiger partial charge in [0.25, 0.3) is 0 Å². The number of hydrogen-bond donors (Lipinski definition) is 2. The predicted octanol–water partition coefficient (Wildman–Crippen LogP) is 2.25. The van der Waals surface area contributed by atoms with Gasteiger partial charge in [0.15, 0.2) is 0 Å². The van der Waals surface area contributed by atoms with Gasteiger partial charge in [0.2, 0.25) is 0 Å². The Morgan fingerprint density at radius 3 is 2.82 bits per heavy atom. The second-order valence-electron chi connectivity index (χ2n) is 3.90. The lowest BCUT2D eigenvalue weighted by Gasteiger charge is -2.17. The Kier molecular flexibility index (Phi) is 6.05. The van der Waals surface area contributed by atoms with Gasteiger partial charge in [-0.15, -0.1) is 0 Å². The van der Waals surface area contributed by atoms with E-state index in [1.807, 2.05) is 6.92 Å². The summed E-state index contributed by atoms with van der Waals surface area (Å²) in [6, 6.07) is 4.79. The van der Waals surface area contributed by atoms with E-state index in [1.165, 1.54) is 13.2 Å². The normalized spacial score (nSPS) is 14.6. The van der Waals surface area contributed by atoms with Crippen molar-refractivity contribution in [1.29, 1.82) is 0 Å². The lowest BCUT2D eigenvalue weighted by molar-refractivity contribution is 0.0630. The molecule has 17 heavy (non-hydrogen) atoms. The number of methoxy groups -OCH3 is 1. The summed E-state index contributed by atoms with van der Waals surface area (Å²) in [5.74, 6) is -0.263. The monoisotopic (exact) mass is 305 g/mol. The molecular formula is C12H17BrFNO2. The fourth-order valence-electron chi connectivity index (χ4n) is 1.53. The second kappa shape index (κ2) is 7.06. The Hall–Kier alpha value is -0.490. The quantitative estimate of drug-likeness (QED) is 0.847. The zero-order valence-electron chi connectivity index (χ0n) is 9.91. The van der Waals surface area contributed by atoms with Gasteiger partial charge < -0.3 is 15.2 Å². The summed E-state index contributed by atoms with van der Waals surface area (Å²) in [6.07, 6.45) is -0.582. The average Bonchev–Trinajstić information content (AvgIpc) is 2.26. The Morgan fingerprint density at radius 2 is 2.24 bits per heavy atom. The molecule has 0 amide bonds. The number of rotatable bonds is 6. The zero-order valence-corrected chi connectivity index (χ0v) is 11.5. The van der Waals surface area contributed by atoms with Crippen molar-refractivity contribution < 1.29 is 14.2 Å². The maximum atomic E-state index is 13.6. The average molecular weight is 306 g/mol. The first-order chi connectivity index (χ1) is 8.04. The standard InChI is InChI=1S/C12H17BrFNO2/c1-8(15-6-10(16)7-17-2)11-4-3-9(13)5-12(11)14/h3-5,8,10,15-16H,6-7H2,1-2H3. The molecular weight excluding hydrogens is 289 g/mol. The van der Waals surface area contributed by atoms with Crippen LogP contribution in [0.4, 0.5) is 4.39 Å². The SMILES string of the molecule is COCC(O)CNC(C)c1ccc(Br)cc1F. The molecule has 1 rings (SSSR count). The highest BCUT2D eigenvalue weighted by atomic mass is 79.9. The largest absolute Gasteiger partial charge is 0.389 e. The minimum atomic E-state index is -0.582. The van der Waals surface area contributed by atoms with Crippen molar-refractivity contribution in [1.82, 2.24) is 5.32 Å². The maximum Gasteiger partial charge on any atom is 0.129 e. The van der Waals surface area contributed by atoms with E-state index in [9.17, 15) is 9.50 Å². The summed E-state index contributed by atoms with van der Waals surface area (Å²) in [6.45, 7) is 2.49. The highest BCUT2D eigenvalue weighted by Gasteiger charge is 2.12. The van der Waals surface area contributed by atoms with Crippen molar-refractivity contribution in [3.8, 4) is 0 Å². The van der Waals surface area contributed by atoms with Crippen molar-refractivity contribution in [3.05, 3.63) is 34.1 Å². The van der Waals surface area contributed by atoms with Crippen LogP contribution in [0.25, 0.3) is 0 Å². The number of ether oxygens (including phenoxy) is 1. The lowest BCUT2D eigenvalue weighted by atomic mass is 10.1. The molecule has 0 fully saturated rings. The highest BCUT2D eigenvalue weighted by molar-refractivity contribution is 9.10. The van der Waals surface area contributed by atoms with E-state index in [1.54, 1.807) is 12.1 Å². The number of halogens is 2. The number of nitrogens with one attached hydrogen (secondary N) is 1. The minimum absolute atomic E-state index is 0.158. The molecule has 2 unspecified atom stereocenters. The van der Waals surface area contributed by atoms with Crippen molar-refractivity contribution in [2.75, 3.05) is 20.3 Å². The van der Waals surface area contributed by atoms with Gasteiger partial charge in [-0.2, -0.15) is 0 Å². The molecule has 0 aliphatic rings. The molecule has 0 spiro atoms. The van der Waals surface area contributed by atoms with E-state index in [2.05, 4.69) is 21.2 Å². The molecule has 0 aromatic heterocycles. The van der Waals surface area contributed by atoms with Gasteiger partial charge in [-0.05, 0) is 19.1 Å². The van der Waals surface area contributed by atoms with E-state index in [4.69, 9.17) is 4.74 Å². The van der Waals surface area contributed by atoms with Gasteiger partial charge in [0, 0.05) is 29.7 Å². The van der Waals surface area contributed by atoms with Gasteiger partial charge in [-0.25, -0.2) is 4.39 Å². The predicted molar refractivity (Wildman–Crippen MR) is 68.4 cm³/mol. The number of aliphatic hydroxyl groups is 1. The Labute approximate surface area is 109 Å². The first-order valence-corrected chi connectivity index (χ1v) is 6.19. The molecule has 0 radical (unpaired) electrons. The van der Waals surface area contributed by atoms with Crippen LogP contribution in [0.5, 0.6) is 0 Å². The van der Waals surface area contributed by atoms with Crippen molar-refractivity contribution in [2.45, 2.75) is 19.1 Å². The molecule has 2 atom stereocenters. The summed E-state index contributed by atoms with van der Waals surface area (Å²) >= 11 is 3.21. The van der Waals surface area contributed by atoms with Crippen LogP contribution in [0, 0.1) is 5.82 Å². The molecule has 0 saturated carbocycles. The molecule has 0 heterocycles. The van der Waals surface area contributed by atoms with E-state index in [0.29, 0.717) is 16.6 Å². The molecule has 0 aliphatic heterocycles. The molecule has 0 aliphatic carbocycles. The molecule has 2 N–H and O–H groups in total. The summed E-state index contributed by atoms with van der Waals surface area (Å²) < 4.78 is 19.1. The smallest absolute Gasteiger partial charge is 0.129 e. The molecule has 5 heteroatoms. The Morgan fingerprint density at radius 1 is 1.53 bits per heavy atom. The maximum absolute atomic E-state index is 13.6. The van der Waals surface area contributed by atoms with E-state index in [-0.39, 0.29) is 18.5 Å². The van der Waals surface area contributed by atoms with Crippen molar-refractivity contribution >= 4 is 15.9 Å². The van der Waals surface area contributed by atoms with Crippen LogP contribution in [0.2, 0.25) is 0 Å². The zero-order chi connectivity index (χ0) is 12.8. The van der Waals surface area contributed by atoms with Crippen LogP contribution in [0.1, 0.15) is 18.5 Å². The fraction of sp³-hybridized carbons (Fsp3) is 0.500. The molecule has 1 aromatic rings. The van der Waals surface area contributed by atoms with Crippen molar-refractivity contribution in [2.24, 2.45) is 0 Å². The van der Waals surface area contributed by atoms with E-state index in [0.717, 1.165) is 0 Å². The molecule has 1 aromatic carbocycles. The van der Waals surface area contributed by atoms with Crippen LogP contribution in [-0.4, -0.2) is 31.5 Å². The third-order valence-electron chi connectivity index (χ3n) is 2.45. The first-order valence-electron chi connectivity index (χ1n) is 5.40. The third-order valence-corrected chi connectivity index (χ3v) is 2.94. The Bertz CT molecular complexity index is 362. The molecule has 0 bridgehead atoms. The van der Waals surface area contributed by atoms with Crippen molar-refractivity contribution in [3.63, 3.8) is 0 Å². The van der Waals surface area contributed by atoms with Crippen LogP contribution in [-0.2, 0) is 4.74 Å². The van der Waals surface area contributed by atoms with E-state index < -0.39 is 6.10 Å². The summed E-state index contributed by atoms with van der Waals surface area (Å²) in [5, 5.41) is 12.5. The van der Waals surface area contributed by atoms with Crippen LogP contribution < -0.4 is 5.32 Å². The number of hydrogen-bond acceptors (Lipinski definition) is 3. The van der Waals surface area contributed by atoms with E-state index >= 15 is 0 Å². The Balaban J connectivity index is 2.54. The fourth-order valence-corrected chi connectivity index (χ4v) is 1.86. The van der Waals surface area contributed by atoms with Gasteiger partial charge in [0.05, 0.1) is 12.7 Å². The number of aliphatic hydroxyl groups excluding tert-OH is 1. The first kappa shape index (κ1) is 14.6. The van der Waals surface area contributed by atoms with Crippen LogP contribution in [0.15, 0.2) is 22.7 Å². The lowest BCUT2D eigenvalue weighted by Crippen LogP contribution is -2.32. The van der Waals surface area contributed by atoms with Gasteiger partial charge >= 0.3 is 0 Å². The van der Waals surface area contributed by atoms with Crippen LogP contribution in [0.3, 0.4) is 0 Å². The highest BCUT2D eigenvalue weighted by Crippen LogP contribution is 2.20. The summed E-state index contributed by atoms with van der Waals surface area (Å²) in [4.78, 5) is 0. The minimum Gasteiger partial charge on any atom is -0.389 e. The third kappa shape index (κ3) is 4.71. The summed E-state index contributed by atoms with van der Waals surface area (Å²) in [5.41, 5.74) is 0.581. The molecule has 0 saturated heterocycles. The van der Waals surface area contributed by atoms with Gasteiger partial charge in [0.1, 0.15) is 5.82 Å². The van der Waals surface area contributed by atoms with Crippen LogP contribution >= 0.6 is 15.9 Å². The topological polar surface area (TPSA) is 41.5 Å². The molecule has 96 valence electrons. The summed E-state index contributed by atoms with van der Waals surface area (Å²) in [7, 11) is 1.53. The van der Waals surface area contributed by atoms with Gasteiger partial charge in [-0.1, -0.05) is 22.0 Å².